The molecular weight excluding hydrogens is 242 g/mol. The van der Waals surface area contributed by atoms with Gasteiger partial charge in [0.25, 0.3) is 0 Å². The van der Waals surface area contributed by atoms with Gasteiger partial charge in [-0.15, -0.1) is 0 Å². The van der Waals surface area contributed by atoms with E-state index >= 15 is 0 Å². The minimum atomic E-state index is 0.605. The van der Waals surface area contributed by atoms with Gasteiger partial charge in [-0.05, 0) is 47.1 Å². The van der Waals surface area contributed by atoms with Gasteiger partial charge in [0.05, 0.1) is 0 Å². The Morgan fingerprint density at radius 2 is 1.60 bits per heavy atom. The van der Waals surface area contributed by atoms with E-state index < -0.39 is 0 Å². The Kier molecular flexibility index (Phi) is 4.17. The van der Waals surface area contributed by atoms with E-state index in [-0.39, 0.29) is 0 Å². The normalized spacial score (nSPS) is 16.2. The molecule has 1 fully saturated rings. The molecule has 0 unspecified atom stereocenters. The zero-order valence-corrected chi connectivity index (χ0v) is 12.0. The van der Waals surface area contributed by atoms with Crippen LogP contribution >= 0.6 is 0 Å². The molecule has 0 bridgehead atoms. The van der Waals surface area contributed by atoms with Crippen LogP contribution in [0.1, 0.15) is 49.1 Å². The Balaban J connectivity index is 1.81. The van der Waals surface area contributed by atoms with Crippen LogP contribution in [0, 0.1) is 0 Å². The summed E-state index contributed by atoms with van der Waals surface area (Å²) in [6.45, 7) is 0.605. The zero-order chi connectivity index (χ0) is 13.8. The van der Waals surface area contributed by atoms with Gasteiger partial charge in [-0.1, -0.05) is 61.7 Å². The first kappa shape index (κ1) is 13.4. The molecule has 1 aliphatic carbocycles. The Hall–Kier alpha value is -1.60. The molecule has 0 heterocycles. The first-order valence-electron chi connectivity index (χ1n) is 7.76. The van der Waals surface area contributed by atoms with Crippen molar-refractivity contribution in [2.24, 2.45) is 5.73 Å². The smallest absolute Gasteiger partial charge is 0.0178 e. The summed E-state index contributed by atoms with van der Waals surface area (Å²) in [5, 5.41) is 0. The van der Waals surface area contributed by atoms with Crippen molar-refractivity contribution < 1.29 is 0 Å². The highest BCUT2D eigenvalue weighted by atomic mass is 14.5. The van der Waals surface area contributed by atoms with E-state index in [1.807, 2.05) is 0 Å². The molecule has 1 aliphatic rings. The molecule has 0 aromatic heterocycles. The van der Waals surface area contributed by atoms with Crippen molar-refractivity contribution in [3.05, 3.63) is 59.7 Å². The summed E-state index contributed by atoms with van der Waals surface area (Å²) >= 11 is 0. The van der Waals surface area contributed by atoms with Gasteiger partial charge in [0.2, 0.25) is 0 Å². The van der Waals surface area contributed by atoms with E-state index in [9.17, 15) is 0 Å². The lowest BCUT2D eigenvalue weighted by Crippen LogP contribution is -2.04. The minimum Gasteiger partial charge on any atom is -0.326 e. The highest BCUT2D eigenvalue weighted by Crippen LogP contribution is 2.33. The van der Waals surface area contributed by atoms with Crippen LogP contribution in [0.15, 0.2) is 48.5 Å². The quantitative estimate of drug-likeness (QED) is 0.842. The second kappa shape index (κ2) is 6.23. The average Bonchev–Trinajstić information content (AvgIpc) is 2.56. The summed E-state index contributed by atoms with van der Waals surface area (Å²) in [7, 11) is 0. The van der Waals surface area contributed by atoms with Crippen LogP contribution in [0.2, 0.25) is 0 Å². The van der Waals surface area contributed by atoms with E-state index in [1.54, 1.807) is 0 Å². The molecule has 1 nitrogen and oxygen atoms in total. The van der Waals surface area contributed by atoms with Crippen molar-refractivity contribution in [2.75, 3.05) is 0 Å². The minimum absolute atomic E-state index is 0.605. The molecule has 0 atom stereocenters. The van der Waals surface area contributed by atoms with Gasteiger partial charge < -0.3 is 5.73 Å². The molecule has 2 aromatic carbocycles. The average molecular weight is 265 g/mol. The first-order valence-corrected chi connectivity index (χ1v) is 7.76. The third-order valence-corrected chi connectivity index (χ3v) is 4.48. The molecule has 2 aromatic rings. The van der Waals surface area contributed by atoms with Crippen molar-refractivity contribution in [2.45, 2.75) is 44.6 Å². The Labute approximate surface area is 121 Å². The molecule has 20 heavy (non-hydrogen) atoms. The summed E-state index contributed by atoms with van der Waals surface area (Å²) in [6.07, 6.45) is 6.93. The summed E-state index contributed by atoms with van der Waals surface area (Å²) in [5.41, 5.74) is 11.0. The molecule has 0 spiro atoms. The SMILES string of the molecule is NCc1cccc(-c2ccc(C3CCCCC3)cc2)c1. The Bertz CT molecular complexity index is 550. The maximum atomic E-state index is 5.72. The Morgan fingerprint density at radius 3 is 2.30 bits per heavy atom. The summed E-state index contributed by atoms with van der Waals surface area (Å²) < 4.78 is 0. The van der Waals surface area contributed by atoms with Gasteiger partial charge in [0.15, 0.2) is 0 Å². The third-order valence-electron chi connectivity index (χ3n) is 4.48. The fourth-order valence-electron chi connectivity index (χ4n) is 3.26. The van der Waals surface area contributed by atoms with Gasteiger partial charge in [0, 0.05) is 6.54 Å². The largest absolute Gasteiger partial charge is 0.326 e. The van der Waals surface area contributed by atoms with Crippen LogP contribution < -0.4 is 5.73 Å². The summed E-state index contributed by atoms with van der Waals surface area (Å²) in [6, 6.07) is 17.7. The van der Waals surface area contributed by atoms with Crippen LogP contribution in [-0.2, 0) is 6.54 Å². The van der Waals surface area contributed by atoms with Crippen LogP contribution in [0.25, 0.3) is 11.1 Å². The number of benzene rings is 2. The lowest BCUT2D eigenvalue weighted by Gasteiger charge is -2.22. The highest BCUT2D eigenvalue weighted by molar-refractivity contribution is 5.64. The van der Waals surface area contributed by atoms with Crippen molar-refractivity contribution in [1.29, 1.82) is 0 Å². The monoisotopic (exact) mass is 265 g/mol. The summed E-state index contributed by atoms with van der Waals surface area (Å²) in [5.74, 6) is 0.785. The fourth-order valence-corrected chi connectivity index (χ4v) is 3.26. The second-order valence-corrected chi connectivity index (χ2v) is 5.86. The lowest BCUT2D eigenvalue weighted by molar-refractivity contribution is 0.443. The number of nitrogens with two attached hydrogens (primary N) is 1. The predicted octanol–water partition coefficient (Wildman–Crippen LogP) is 4.86. The first-order chi connectivity index (χ1) is 9.86. The zero-order valence-electron chi connectivity index (χ0n) is 12.0. The second-order valence-electron chi connectivity index (χ2n) is 5.86. The topological polar surface area (TPSA) is 26.0 Å². The van der Waals surface area contributed by atoms with Crippen LogP contribution in [0.4, 0.5) is 0 Å². The molecule has 0 amide bonds. The van der Waals surface area contributed by atoms with Gasteiger partial charge in [-0.2, -0.15) is 0 Å². The van der Waals surface area contributed by atoms with Crippen LogP contribution in [-0.4, -0.2) is 0 Å². The lowest BCUT2D eigenvalue weighted by atomic mass is 9.83. The van der Waals surface area contributed by atoms with E-state index in [4.69, 9.17) is 5.73 Å². The van der Waals surface area contributed by atoms with Crippen molar-refractivity contribution in [3.8, 4) is 11.1 Å². The summed E-state index contributed by atoms with van der Waals surface area (Å²) in [4.78, 5) is 0. The molecule has 0 radical (unpaired) electrons. The third kappa shape index (κ3) is 2.94. The molecule has 2 N–H and O–H groups in total. The molecule has 104 valence electrons. The van der Waals surface area contributed by atoms with Gasteiger partial charge in [0.1, 0.15) is 0 Å². The van der Waals surface area contributed by atoms with Crippen LogP contribution in [0.3, 0.4) is 0 Å². The number of hydrogen-bond acceptors (Lipinski definition) is 1. The molecular formula is C19H23N. The van der Waals surface area contributed by atoms with E-state index in [0.29, 0.717) is 6.54 Å². The molecule has 0 aliphatic heterocycles. The van der Waals surface area contributed by atoms with Crippen molar-refractivity contribution in [1.82, 2.24) is 0 Å². The van der Waals surface area contributed by atoms with Gasteiger partial charge in [-0.25, -0.2) is 0 Å². The molecule has 1 saturated carbocycles. The van der Waals surface area contributed by atoms with E-state index in [2.05, 4.69) is 48.5 Å². The standard InChI is InChI=1S/C19H23N/c20-14-15-5-4-8-19(13-15)18-11-9-17(10-12-18)16-6-2-1-3-7-16/h4-5,8-13,16H,1-3,6-7,14,20H2. The fraction of sp³-hybridized carbons (Fsp3) is 0.368. The van der Waals surface area contributed by atoms with Gasteiger partial charge in [-0.3, -0.25) is 0 Å². The molecule has 3 rings (SSSR count). The molecule has 0 saturated heterocycles. The van der Waals surface area contributed by atoms with Crippen molar-refractivity contribution >= 4 is 0 Å². The van der Waals surface area contributed by atoms with E-state index in [1.165, 1.54) is 54.4 Å². The number of rotatable bonds is 3. The van der Waals surface area contributed by atoms with Gasteiger partial charge >= 0.3 is 0 Å². The highest BCUT2D eigenvalue weighted by Gasteiger charge is 2.15. The van der Waals surface area contributed by atoms with E-state index in [0.717, 1.165) is 5.92 Å². The maximum absolute atomic E-state index is 5.72. The number of hydrogen-bond donors (Lipinski definition) is 1. The van der Waals surface area contributed by atoms with Crippen molar-refractivity contribution in [3.63, 3.8) is 0 Å². The predicted molar refractivity (Wildman–Crippen MR) is 85.6 cm³/mol. The maximum Gasteiger partial charge on any atom is 0.0178 e. The van der Waals surface area contributed by atoms with Crippen LogP contribution in [0.5, 0.6) is 0 Å². The Morgan fingerprint density at radius 1 is 0.850 bits per heavy atom. The molecule has 1 heteroatoms.